The minimum atomic E-state index is -4.65. The van der Waals surface area contributed by atoms with Crippen LogP contribution in [0.3, 0.4) is 0 Å². The number of amides is 1. The van der Waals surface area contributed by atoms with Crippen LogP contribution in [-0.4, -0.2) is 38.5 Å². The lowest BCUT2D eigenvalue weighted by atomic mass is 10.1. The molecule has 1 aliphatic heterocycles. The smallest absolute Gasteiger partial charge is 0.376 e. The number of para-hydroxylation sites is 1. The van der Waals surface area contributed by atoms with E-state index >= 15 is 0 Å². The highest BCUT2D eigenvalue weighted by atomic mass is 32.2. The summed E-state index contributed by atoms with van der Waals surface area (Å²) in [6.07, 6.45) is -2.97. The molecule has 4 aromatic rings. The Morgan fingerprint density at radius 1 is 1.21 bits per heavy atom. The van der Waals surface area contributed by atoms with Crippen molar-refractivity contribution in [1.29, 1.82) is 0 Å². The number of nitrogens with zero attached hydrogens (tertiary/aromatic N) is 3. The highest BCUT2D eigenvalue weighted by molar-refractivity contribution is 7.99. The van der Waals surface area contributed by atoms with Gasteiger partial charge in [-0.1, -0.05) is 35.2 Å². The molecule has 1 saturated heterocycles. The molecule has 1 fully saturated rings. The first-order valence-electron chi connectivity index (χ1n) is 11.7. The van der Waals surface area contributed by atoms with E-state index in [1.165, 1.54) is 41.0 Å². The molecule has 3 heterocycles. The zero-order chi connectivity index (χ0) is 27.7. The molecule has 14 heteroatoms. The molecule has 2 aromatic heterocycles. The third-order valence-corrected chi connectivity index (χ3v) is 8.36. The minimum Gasteiger partial charge on any atom is -0.376 e. The largest absolute Gasteiger partial charge is 0.418 e. The Hall–Kier alpha value is -3.07. The number of fused-ring (bicyclic) bond motifs is 1. The lowest BCUT2D eigenvalue weighted by Gasteiger charge is -2.15. The van der Waals surface area contributed by atoms with Gasteiger partial charge in [0.15, 0.2) is 14.8 Å². The number of thioether (sulfide) groups is 1. The van der Waals surface area contributed by atoms with Gasteiger partial charge in [-0.3, -0.25) is 14.2 Å². The van der Waals surface area contributed by atoms with Crippen LogP contribution in [0.2, 0.25) is 0 Å². The molecule has 1 amide bonds. The number of aromatic nitrogens is 3. The number of hydrogen-bond acceptors (Lipinski definition) is 7. The van der Waals surface area contributed by atoms with E-state index in [-0.39, 0.29) is 27.4 Å². The maximum atomic E-state index is 13.6. The number of anilines is 1. The number of hydrogen-bond donors (Lipinski definition) is 1. The van der Waals surface area contributed by atoms with Crippen molar-refractivity contribution in [3.63, 3.8) is 0 Å². The van der Waals surface area contributed by atoms with E-state index in [9.17, 15) is 27.2 Å². The van der Waals surface area contributed by atoms with Gasteiger partial charge in [-0.05, 0) is 61.5 Å². The second-order valence-corrected chi connectivity index (χ2v) is 11.2. The van der Waals surface area contributed by atoms with Crippen LogP contribution in [-0.2, 0) is 22.3 Å². The van der Waals surface area contributed by atoms with Crippen LogP contribution in [0.5, 0.6) is 0 Å². The second-order valence-electron chi connectivity index (χ2n) is 8.66. The zero-order valence-corrected chi connectivity index (χ0v) is 22.5. The van der Waals surface area contributed by atoms with Crippen molar-refractivity contribution in [3.8, 4) is 5.69 Å². The first-order valence-corrected chi connectivity index (χ1v) is 14.0. The van der Waals surface area contributed by atoms with E-state index in [0.717, 1.165) is 48.1 Å². The van der Waals surface area contributed by atoms with Gasteiger partial charge in [0.05, 0.1) is 35.3 Å². The number of carbonyl (C=O) groups excluding carboxylic acids is 1. The Kier molecular flexibility index (Phi) is 7.89. The normalized spacial score (nSPS) is 15.6. The van der Waals surface area contributed by atoms with Crippen molar-refractivity contribution >= 4 is 57.3 Å². The molecule has 2 aromatic carbocycles. The molecule has 0 spiro atoms. The number of rotatable bonds is 7. The minimum absolute atomic E-state index is 0.0774. The van der Waals surface area contributed by atoms with E-state index in [1.807, 2.05) is 0 Å². The number of alkyl halides is 3. The molecule has 0 bridgehead atoms. The third-order valence-electron chi connectivity index (χ3n) is 5.99. The monoisotopic (exact) mass is 596 g/mol. The van der Waals surface area contributed by atoms with Crippen LogP contribution in [0.25, 0.3) is 16.0 Å². The number of halogens is 4. The van der Waals surface area contributed by atoms with Crippen molar-refractivity contribution in [2.45, 2.75) is 36.8 Å². The maximum absolute atomic E-state index is 13.6. The molecule has 204 valence electrons. The first-order chi connectivity index (χ1) is 18.6. The van der Waals surface area contributed by atoms with Gasteiger partial charge in [-0.2, -0.15) is 13.2 Å². The highest BCUT2D eigenvalue weighted by Crippen LogP contribution is 2.35. The van der Waals surface area contributed by atoms with Crippen LogP contribution in [0.15, 0.2) is 58.5 Å². The summed E-state index contributed by atoms with van der Waals surface area (Å²) in [6, 6.07) is 9.82. The summed E-state index contributed by atoms with van der Waals surface area (Å²) in [4.78, 5) is 31.0. The topological polar surface area (TPSA) is 78.2 Å². The average Bonchev–Trinajstić information content (AvgIpc) is 3.52. The summed E-state index contributed by atoms with van der Waals surface area (Å²) < 4.78 is 63.1. The van der Waals surface area contributed by atoms with Crippen molar-refractivity contribution in [3.05, 3.63) is 74.2 Å². The summed E-state index contributed by atoms with van der Waals surface area (Å²) in [5.41, 5.74) is -1.17. The van der Waals surface area contributed by atoms with Gasteiger partial charge in [-0.15, -0.1) is 0 Å². The number of ether oxygens (including phenoxy) is 1. The van der Waals surface area contributed by atoms with Gasteiger partial charge in [-0.25, -0.2) is 9.37 Å². The van der Waals surface area contributed by atoms with Crippen molar-refractivity contribution in [2.75, 3.05) is 17.7 Å². The Morgan fingerprint density at radius 3 is 2.64 bits per heavy atom. The maximum Gasteiger partial charge on any atom is 0.418 e. The standard InChI is InChI=1S/C25H20F4N4O3S3/c26-14-7-9-15(10-8-14)33-22(35)20-21(32(24(37)39-20)12-16-4-3-11-36-16)31-23(33)38-13-19(34)30-18-6-2-1-5-17(18)25(27,28)29/h1-2,5-10,16H,3-4,11-13H2,(H,30,34). The van der Waals surface area contributed by atoms with Crippen LogP contribution in [0.4, 0.5) is 23.2 Å². The highest BCUT2D eigenvalue weighted by Gasteiger charge is 2.33. The Balaban J connectivity index is 1.51. The van der Waals surface area contributed by atoms with Crippen molar-refractivity contribution in [2.24, 2.45) is 0 Å². The van der Waals surface area contributed by atoms with E-state index in [0.29, 0.717) is 28.4 Å². The van der Waals surface area contributed by atoms with Gasteiger partial charge in [0.2, 0.25) is 5.91 Å². The molecule has 1 aliphatic rings. The fourth-order valence-corrected chi connectivity index (χ4v) is 6.28. The van der Waals surface area contributed by atoms with Gasteiger partial charge in [0.25, 0.3) is 5.56 Å². The lowest BCUT2D eigenvalue weighted by molar-refractivity contribution is -0.137. The summed E-state index contributed by atoms with van der Waals surface area (Å²) in [5.74, 6) is -1.57. The number of carbonyl (C=O) groups is 1. The molecule has 7 nitrogen and oxygen atoms in total. The van der Waals surface area contributed by atoms with E-state index in [4.69, 9.17) is 17.0 Å². The predicted octanol–water partition coefficient (Wildman–Crippen LogP) is 6.05. The molecule has 39 heavy (non-hydrogen) atoms. The molecule has 1 atom stereocenters. The SMILES string of the molecule is O=C(CSc1nc2c(sc(=S)n2CC2CCCO2)c(=O)n1-c1ccc(F)cc1)Nc1ccccc1C(F)(F)F. The van der Waals surface area contributed by atoms with E-state index in [1.54, 1.807) is 4.57 Å². The molecular formula is C25H20F4N4O3S3. The molecule has 5 rings (SSSR count). The summed E-state index contributed by atoms with van der Waals surface area (Å²) in [7, 11) is 0. The zero-order valence-electron chi connectivity index (χ0n) is 20.0. The van der Waals surface area contributed by atoms with Crippen LogP contribution in [0.1, 0.15) is 18.4 Å². The second kappa shape index (κ2) is 11.2. The third kappa shape index (κ3) is 5.93. The quantitative estimate of drug-likeness (QED) is 0.121. The molecule has 0 aliphatic carbocycles. The fraction of sp³-hybridized carbons (Fsp3) is 0.280. The van der Waals surface area contributed by atoms with E-state index in [2.05, 4.69) is 10.3 Å². The molecular weight excluding hydrogens is 576 g/mol. The number of thiazole rings is 1. The summed E-state index contributed by atoms with van der Waals surface area (Å²) >= 11 is 7.48. The van der Waals surface area contributed by atoms with Crippen LogP contribution in [0, 0.1) is 9.77 Å². The van der Waals surface area contributed by atoms with Gasteiger partial charge >= 0.3 is 6.18 Å². The van der Waals surface area contributed by atoms with Crippen molar-refractivity contribution in [1.82, 2.24) is 14.1 Å². The summed E-state index contributed by atoms with van der Waals surface area (Å²) in [5, 5.41) is 2.39. The van der Waals surface area contributed by atoms with Crippen LogP contribution < -0.4 is 10.9 Å². The fourth-order valence-electron chi connectivity index (χ4n) is 4.20. The van der Waals surface area contributed by atoms with Gasteiger partial charge in [0.1, 0.15) is 10.5 Å². The number of benzene rings is 2. The Bertz CT molecular complexity index is 1640. The molecule has 0 radical (unpaired) electrons. The predicted molar refractivity (Wildman–Crippen MR) is 144 cm³/mol. The molecule has 1 unspecified atom stereocenters. The van der Waals surface area contributed by atoms with Gasteiger partial charge in [0, 0.05) is 6.61 Å². The molecule has 1 N–H and O–H groups in total. The Labute approximate surface area is 232 Å². The Morgan fingerprint density at radius 2 is 1.95 bits per heavy atom. The van der Waals surface area contributed by atoms with E-state index < -0.39 is 29.0 Å². The molecule has 0 saturated carbocycles. The van der Waals surface area contributed by atoms with Crippen LogP contribution >= 0.6 is 35.3 Å². The number of nitrogens with one attached hydrogen (secondary N) is 1. The average molecular weight is 597 g/mol. The summed E-state index contributed by atoms with van der Waals surface area (Å²) in [6.45, 7) is 1.04. The van der Waals surface area contributed by atoms with Gasteiger partial charge < -0.3 is 14.6 Å². The lowest BCUT2D eigenvalue weighted by Crippen LogP contribution is -2.24. The first kappa shape index (κ1) is 27.5. The van der Waals surface area contributed by atoms with Crippen molar-refractivity contribution < 1.29 is 27.1 Å².